The molecular weight excluding hydrogens is 364 g/mol. The molecule has 7 heteroatoms. The summed E-state index contributed by atoms with van der Waals surface area (Å²) in [6.07, 6.45) is 0.851. The second-order valence-corrected chi connectivity index (χ2v) is 8.07. The van der Waals surface area contributed by atoms with Crippen molar-refractivity contribution in [1.82, 2.24) is 4.90 Å². The van der Waals surface area contributed by atoms with E-state index in [1.54, 1.807) is 43.3 Å². The third kappa shape index (κ3) is 4.60. The molecule has 0 bridgehead atoms. The molecule has 144 valence electrons. The molecule has 2 aromatic carbocycles. The van der Waals surface area contributed by atoms with E-state index in [1.165, 1.54) is 0 Å². The van der Waals surface area contributed by atoms with E-state index < -0.39 is 10.1 Å². The average Bonchev–Trinajstić information content (AvgIpc) is 2.68. The minimum atomic E-state index is -3.85. The van der Waals surface area contributed by atoms with E-state index >= 15 is 0 Å². The molecule has 3 rings (SSSR count). The Balaban J connectivity index is 1.66. The topological polar surface area (TPSA) is 66.9 Å². The van der Waals surface area contributed by atoms with Gasteiger partial charge in [-0.2, -0.15) is 8.42 Å². The lowest BCUT2D eigenvalue weighted by molar-refractivity contribution is -0.129. The Kier molecular flexibility index (Phi) is 5.70. The Morgan fingerprint density at radius 3 is 2.07 bits per heavy atom. The molecule has 0 spiro atoms. The summed E-state index contributed by atoms with van der Waals surface area (Å²) < 4.78 is 30.1. The molecule has 1 aliphatic heterocycles. The standard InChI is InChI=1S/C20H24N2O4S/c1-3-17-4-10-20(11-5-17)27(24,25)26-19-8-6-18(7-9-19)22-14-12-21(13-15-22)16(2)23/h4-11H,3,12-15H2,1-2H3. The second kappa shape index (κ2) is 8.00. The maximum atomic E-state index is 12.4. The fourth-order valence-electron chi connectivity index (χ4n) is 3.06. The summed E-state index contributed by atoms with van der Waals surface area (Å²) in [5.41, 5.74) is 2.05. The molecule has 0 unspecified atom stereocenters. The molecule has 6 nitrogen and oxygen atoms in total. The van der Waals surface area contributed by atoms with Crippen LogP contribution < -0.4 is 9.08 Å². The lowest BCUT2D eigenvalue weighted by atomic mass is 10.2. The quantitative estimate of drug-likeness (QED) is 0.737. The summed E-state index contributed by atoms with van der Waals surface area (Å²) in [4.78, 5) is 15.5. The van der Waals surface area contributed by atoms with Gasteiger partial charge in [0.2, 0.25) is 5.91 Å². The molecule has 1 saturated heterocycles. The normalized spacial score (nSPS) is 14.9. The van der Waals surface area contributed by atoms with Gasteiger partial charge in [0.25, 0.3) is 0 Å². The van der Waals surface area contributed by atoms with Crippen LogP contribution in [-0.2, 0) is 21.3 Å². The summed E-state index contributed by atoms with van der Waals surface area (Å²) in [6.45, 7) is 6.48. The number of carbonyl (C=O) groups excluding carboxylic acids is 1. The van der Waals surface area contributed by atoms with Crippen LogP contribution in [0.2, 0.25) is 0 Å². The van der Waals surface area contributed by atoms with Gasteiger partial charge < -0.3 is 14.0 Å². The summed E-state index contributed by atoms with van der Waals surface area (Å²) in [6, 6.07) is 13.7. The molecule has 0 aromatic heterocycles. The predicted molar refractivity (Wildman–Crippen MR) is 105 cm³/mol. The number of nitrogens with zero attached hydrogens (tertiary/aromatic N) is 2. The van der Waals surface area contributed by atoms with Gasteiger partial charge in [0, 0.05) is 38.8 Å². The van der Waals surface area contributed by atoms with Gasteiger partial charge >= 0.3 is 10.1 Å². The molecule has 1 amide bonds. The molecule has 27 heavy (non-hydrogen) atoms. The van der Waals surface area contributed by atoms with Crippen molar-refractivity contribution >= 4 is 21.7 Å². The molecule has 1 aliphatic rings. The fraction of sp³-hybridized carbons (Fsp3) is 0.350. The Bertz CT molecular complexity index is 885. The van der Waals surface area contributed by atoms with Crippen LogP contribution in [0.15, 0.2) is 53.4 Å². The van der Waals surface area contributed by atoms with Crippen molar-refractivity contribution in [3.63, 3.8) is 0 Å². The van der Waals surface area contributed by atoms with Crippen molar-refractivity contribution in [1.29, 1.82) is 0 Å². The zero-order valence-electron chi connectivity index (χ0n) is 15.6. The van der Waals surface area contributed by atoms with Gasteiger partial charge in [-0.05, 0) is 48.4 Å². The SMILES string of the molecule is CCc1ccc(S(=O)(=O)Oc2ccc(N3CCN(C(C)=O)CC3)cc2)cc1. The third-order valence-electron chi connectivity index (χ3n) is 4.75. The van der Waals surface area contributed by atoms with Crippen molar-refractivity contribution in [2.24, 2.45) is 0 Å². The second-order valence-electron chi connectivity index (χ2n) is 6.52. The number of hydrogen-bond acceptors (Lipinski definition) is 5. The highest BCUT2D eigenvalue weighted by Gasteiger charge is 2.20. The first-order chi connectivity index (χ1) is 12.9. The molecule has 1 heterocycles. The zero-order chi connectivity index (χ0) is 19.4. The fourth-order valence-corrected chi connectivity index (χ4v) is 3.99. The third-order valence-corrected chi connectivity index (χ3v) is 6.01. The van der Waals surface area contributed by atoms with Gasteiger partial charge in [0.1, 0.15) is 10.6 Å². The van der Waals surface area contributed by atoms with Crippen molar-refractivity contribution in [3.8, 4) is 5.75 Å². The predicted octanol–water partition coefficient (Wildman–Crippen LogP) is 2.69. The zero-order valence-corrected chi connectivity index (χ0v) is 16.4. The van der Waals surface area contributed by atoms with E-state index in [-0.39, 0.29) is 16.6 Å². The number of piperazine rings is 1. The Labute approximate surface area is 160 Å². The molecule has 2 aromatic rings. The van der Waals surface area contributed by atoms with Crippen LogP contribution in [0.25, 0.3) is 0 Å². The smallest absolute Gasteiger partial charge is 0.339 e. The lowest BCUT2D eigenvalue weighted by Gasteiger charge is -2.35. The maximum Gasteiger partial charge on any atom is 0.339 e. The Morgan fingerprint density at radius 1 is 0.963 bits per heavy atom. The van der Waals surface area contributed by atoms with Gasteiger partial charge in [-0.25, -0.2) is 0 Å². The van der Waals surface area contributed by atoms with Crippen LogP contribution in [0.3, 0.4) is 0 Å². The van der Waals surface area contributed by atoms with Gasteiger partial charge in [-0.15, -0.1) is 0 Å². The highest BCUT2D eigenvalue weighted by Crippen LogP contribution is 2.24. The van der Waals surface area contributed by atoms with Crippen LogP contribution >= 0.6 is 0 Å². The average molecular weight is 388 g/mol. The number of benzene rings is 2. The van der Waals surface area contributed by atoms with Crippen LogP contribution in [0.1, 0.15) is 19.4 Å². The highest BCUT2D eigenvalue weighted by molar-refractivity contribution is 7.87. The van der Waals surface area contributed by atoms with E-state index in [2.05, 4.69) is 4.90 Å². The molecule has 0 N–H and O–H groups in total. The van der Waals surface area contributed by atoms with E-state index in [1.807, 2.05) is 24.0 Å². The summed E-state index contributed by atoms with van der Waals surface area (Å²) in [7, 11) is -3.85. The minimum Gasteiger partial charge on any atom is -0.379 e. The number of anilines is 1. The number of aryl methyl sites for hydroxylation is 1. The van der Waals surface area contributed by atoms with E-state index in [0.717, 1.165) is 30.8 Å². The van der Waals surface area contributed by atoms with Gasteiger partial charge in [-0.1, -0.05) is 19.1 Å². The molecular formula is C20H24N2O4S. The number of rotatable bonds is 5. The Hall–Kier alpha value is -2.54. The number of carbonyl (C=O) groups is 1. The molecule has 1 fully saturated rings. The van der Waals surface area contributed by atoms with E-state index in [0.29, 0.717) is 13.1 Å². The van der Waals surface area contributed by atoms with Crippen molar-refractivity contribution < 1.29 is 17.4 Å². The lowest BCUT2D eigenvalue weighted by Crippen LogP contribution is -2.48. The van der Waals surface area contributed by atoms with Crippen molar-refractivity contribution in [3.05, 3.63) is 54.1 Å². The first kappa shape index (κ1) is 19.2. The number of amides is 1. The molecule has 0 saturated carbocycles. The van der Waals surface area contributed by atoms with Crippen molar-refractivity contribution in [2.45, 2.75) is 25.2 Å². The Morgan fingerprint density at radius 2 is 1.56 bits per heavy atom. The molecule has 0 radical (unpaired) electrons. The minimum absolute atomic E-state index is 0.0931. The van der Waals surface area contributed by atoms with E-state index in [4.69, 9.17) is 4.18 Å². The molecule has 0 atom stereocenters. The monoisotopic (exact) mass is 388 g/mol. The summed E-state index contributed by atoms with van der Waals surface area (Å²) >= 11 is 0. The highest BCUT2D eigenvalue weighted by atomic mass is 32.2. The summed E-state index contributed by atoms with van der Waals surface area (Å²) in [5, 5.41) is 0. The molecule has 0 aliphatic carbocycles. The van der Waals surface area contributed by atoms with Crippen LogP contribution in [0.4, 0.5) is 5.69 Å². The van der Waals surface area contributed by atoms with Gasteiger partial charge in [0.15, 0.2) is 0 Å². The first-order valence-electron chi connectivity index (χ1n) is 9.03. The van der Waals surface area contributed by atoms with Gasteiger partial charge in [-0.3, -0.25) is 4.79 Å². The van der Waals surface area contributed by atoms with Crippen LogP contribution in [-0.4, -0.2) is 45.4 Å². The van der Waals surface area contributed by atoms with E-state index in [9.17, 15) is 13.2 Å². The first-order valence-corrected chi connectivity index (χ1v) is 10.4. The number of hydrogen-bond donors (Lipinski definition) is 0. The largest absolute Gasteiger partial charge is 0.379 e. The van der Waals surface area contributed by atoms with Crippen LogP contribution in [0, 0.1) is 0 Å². The van der Waals surface area contributed by atoms with Gasteiger partial charge in [0.05, 0.1) is 0 Å². The van der Waals surface area contributed by atoms with Crippen molar-refractivity contribution in [2.75, 3.05) is 31.1 Å². The van der Waals surface area contributed by atoms with Crippen LogP contribution in [0.5, 0.6) is 5.75 Å². The summed E-state index contributed by atoms with van der Waals surface area (Å²) in [5.74, 6) is 0.372. The maximum absolute atomic E-state index is 12.4.